The number of nitrogens with one attached hydrogen (secondary N) is 1. The third kappa shape index (κ3) is 3.22. The van der Waals surface area contributed by atoms with Crippen molar-refractivity contribution in [3.63, 3.8) is 0 Å². The lowest BCUT2D eigenvalue weighted by Gasteiger charge is -2.14. The Bertz CT molecular complexity index is 490. The minimum Gasteiger partial charge on any atom is -0.382 e. The Labute approximate surface area is 106 Å². The van der Waals surface area contributed by atoms with Gasteiger partial charge in [-0.15, -0.1) is 11.3 Å². The van der Waals surface area contributed by atoms with E-state index in [0.717, 1.165) is 15.0 Å². The molecule has 0 spiro atoms. The van der Waals surface area contributed by atoms with Crippen molar-refractivity contribution in [2.75, 3.05) is 6.54 Å². The normalized spacial score (nSPS) is 14.0. The van der Waals surface area contributed by atoms with Gasteiger partial charge in [0.15, 0.2) is 6.10 Å². The maximum Gasteiger partial charge on any atom is 0.415 e. The van der Waals surface area contributed by atoms with Crippen LogP contribution in [0.1, 0.15) is 4.88 Å². The molecule has 0 fully saturated rings. The summed E-state index contributed by atoms with van der Waals surface area (Å²) in [7, 11) is 0. The summed E-state index contributed by atoms with van der Waals surface area (Å²) in [5, 5.41) is 12.5. The summed E-state index contributed by atoms with van der Waals surface area (Å²) in [6, 6.07) is 9.70. The minimum absolute atomic E-state index is 0.326. The molecule has 0 aliphatic heterocycles. The summed E-state index contributed by atoms with van der Waals surface area (Å²) in [5.74, 6) is 0. The molecule has 98 valence electrons. The molecule has 0 amide bonds. The van der Waals surface area contributed by atoms with Crippen LogP contribution in [0.3, 0.4) is 0 Å². The molecule has 0 saturated carbocycles. The molecule has 2 N–H and O–H groups in total. The molecule has 1 aromatic carbocycles. The topological polar surface area (TPSA) is 32.3 Å². The van der Waals surface area contributed by atoms with E-state index in [1.165, 1.54) is 11.3 Å². The Morgan fingerprint density at radius 2 is 2.00 bits per heavy atom. The first kappa shape index (κ1) is 13.3. The number of aliphatic hydroxyl groups is 1. The van der Waals surface area contributed by atoms with Gasteiger partial charge in [0.2, 0.25) is 0 Å². The Hall–Kier alpha value is -1.11. The molecule has 1 atom stereocenters. The standard InChI is InChI=1S/C12H12F3NOS/c13-12(14,15)11(17)7-16-6-9-5-8-3-1-2-4-10(8)18-9/h1-5,11,16-17H,6-7H2/t11-/m0/s1. The van der Waals surface area contributed by atoms with Crippen LogP contribution < -0.4 is 5.32 Å². The van der Waals surface area contributed by atoms with E-state index in [2.05, 4.69) is 5.32 Å². The lowest BCUT2D eigenvalue weighted by atomic mass is 10.2. The largest absolute Gasteiger partial charge is 0.415 e. The number of alkyl halides is 3. The summed E-state index contributed by atoms with van der Waals surface area (Å²) in [6.07, 6.45) is -6.88. The van der Waals surface area contributed by atoms with Gasteiger partial charge in [0, 0.05) is 22.7 Å². The van der Waals surface area contributed by atoms with Crippen LogP contribution in [0.15, 0.2) is 30.3 Å². The van der Waals surface area contributed by atoms with Crippen LogP contribution in [0.4, 0.5) is 13.2 Å². The number of fused-ring (bicyclic) bond motifs is 1. The van der Waals surface area contributed by atoms with Crippen molar-refractivity contribution in [2.24, 2.45) is 0 Å². The maximum absolute atomic E-state index is 12.1. The Morgan fingerprint density at radius 1 is 1.28 bits per heavy atom. The smallest absolute Gasteiger partial charge is 0.382 e. The maximum atomic E-state index is 12.1. The molecule has 0 aliphatic carbocycles. The second kappa shape index (κ2) is 5.26. The van der Waals surface area contributed by atoms with Gasteiger partial charge in [0.25, 0.3) is 0 Å². The van der Waals surface area contributed by atoms with Crippen LogP contribution in [0.25, 0.3) is 10.1 Å². The van der Waals surface area contributed by atoms with Crippen LogP contribution in [0.2, 0.25) is 0 Å². The fourth-order valence-corrected chi connectivity index (χ4v) is 2.61. The van der Waals surface area contributed by atoms with E-state index in [1.54, 1.807) is 0 Å². The summed E-state index contributed by atoms with van der Waals surface area (Å²) < 4.78 is 37.3. The molecular formula is C12H12F3NOS. The first-order chi connectivity index (χ1) is 8.47. The van der Waals surface area contributed by atoms with Crippen molar-refractivity contribution >= 4 is 21.4 Å². The van der Waals surface area contributed by atoms with E-state index in [0.29, 0.717) is 6.54 Å². The third-order valence-corrected chi connectivity index (χ3v) is 3.61. The second-order valence-corrected chi connectivity index (χ2v) is 5.11. The number of rotatable bonds is 4. The van der Waals surface area contributed by atoms with Crippen molar-refractivity contribution in [3.8, 4) is 0 Å². The number of benzene rings is 1. The molecule has 0 unspecified atom stereocenters. The number of halogens is 3. The first-order valence-corrected chi connectivity index (χ1v) is 6.21. The lowest BCUT2D eigenvalue weighted by molar-refractivity contribution is -0.201. The second-order valence-electron chi connectivity index (χ2n) is 3.94. The summed E-state index contributed by atoms with van der Waals surface area (Å²) in [6.45, 7) is -0.162. The quantitative estimate of drug-likeness (QED) is 0.899. The van der Waals surface area contributed by atoms with E-state index in [1.807, 2.05) is 30.3 Å². The van der Waals surface area contributed by atoms with E-state index in [-0.39, 0.29) is 0 Å². The predicted molar refractivity (Wildman–Crippen MR) is 65.6 cm³/mol. The zero-order valence-electron chi connectivity index (χ0n) is 9.37. The highest BCUT2D eigenvalue weighted by molar-refractivity contribution is 7.19. The zero-order valence-corrected chi connectivity index (χ0v) is 10.2. The van der Waals surface area contributed by atoms with Gasteiger partial charge in [0.1, 0.15) is 0 Å². The Morgan fingerprint density at radius 3 is 2.67 bits per heavy atom. The molecule has 2 rings (SSSR count). The SMILES string of the molecule is O[C@@H](CNCc1cc2ccccc2s1)C(F)(F)F. The average Bonchev–Trinajstić information content (AvgIpc) is 2.70. The monoisotopic (exact) mass is 275 g/mol. The average molecular weight is 275 g/mol. The van der Waals surface area contributed by atoms with Crippen molar-refractivity contribution in [1.82, 2.24) is 5.32 Å². The molecule has 2 aromatic rings. The van der Waals surface area contributed by atoms with Crippen LogP contribution in [0, 0.1) is 0 Å². The molecule has 1 aromatic heterocycles. The summed E-state index contributed by atoms with van der Waals surface area (Å²) in [5.41, 5.74) is 0. The molecule has 1 heterocycles. The van der Waals surface area contributed by atoms with Crippen molar-refractivity contribution in [2.45, 2.75) is 18.8 Å². The van der Waals surface area contributed by atoms with Gasteiger partial charge in [-0.25, -0.2) is 0 Å². The third-order valence-electron chi connectivity index (χ3n) is 2.49. The number of hydrogen-bond donors (Lipinski definition) is 2. The fraction of sp³-hybridized carbons (Fsp3) is 0.333. The number of hydrogen-bond acceptors (Lipinski definition) is 3. The first-order valence-electron chi connectivity index (χ1n) is 5.40. The van der Waals surface area contributed by atoms with E-state index in [4.69, 9.17) is 5.11 Å². The zero-order chi connectivity index (χ0) is 13.2. The summed E-state index contributed by atoms with van der Waals surface area (Å²) >= 11 is 1.53. The van der Waals surface area contributed by atoms with Crippen LogP contribution in [0.5, 0.6) is 0 Å². The Kier molecular flexibility index (Phi) is 3.89. The fourth-order valence-electron chi connectivity index (χ4n) is 1.57. The van der Waals surface area contributed by atoms with Gasteiger partial charge in [-0.2, -0.15) is 13.2 Å². The van der Waals surface area contributed by atoms with Gasteiger partial charge in [-0.3, -0.25) is 0 Å². The predicted octanol–water partition coefficient (Wildman–Crippen LogP) is 2.91. The lowest BCUT2D eigenvalue weighted by Crippen LogP contribution is -2.38. The van der Waals surface area contributed by atoms with Crippen LogP contribution in [-0.2, 0) is 6.54 Å². The van der Waals surface area contributed by atoms with E-state index in [9.17, 15) is 13.2 Å². The van der Waals surface area contributed by atoms with Crippen LogP contribution in [-0.4, -0.2) is 23.9 Å². The molecule has 0 saturated heterocycles. The number of thiophene rings is 1. The van der Waals surface area contributed by atoms with Crippen LogP contribution >= 0.6 is 11.3 Å². The van der Waals surface area contributed by atoms with Gasteiger partial charge < -0.3 is 10.4 Å². The van der Waals surface area contributed by atoms with Crippen molar-refractivity contribution in [3.05, 3.63) is 35.2 Å². The van der Waals surface area contributed by atoms with Gasteiger partial charge in [0.05, 0.1) is 0 Å². The Balaban J connectivity index is 1.91. The van der Waals surface area contributed by atoms with E-state index < -0.39 is 18.8 Å². The molecule has 0 aliphatic rings. The molecule has 0 bridgehead atoms. The van der Waals surface area contributed by atoms with Crippen molar-refractivity contribution < 1.29 is 18.3 Å². The highest BCUT2D eigenvalue weighted by Gasteiger charge is 2.37. The highest BCUT2D eigenvalue weighted by atomic mass is 32.1. The van der Waals surface area contributed by atoms with Gasteiger partial charge in [-0.1, -0.05) is 18.2 Å². The molecule has 2 nitrogen and oxygen atoms in total. The molecule has 0 radical (unpaired) electrons. The highest BCUT2D eigenvalue weighted by Crippen LogP contribution is 2.25. The summed E-state index contributed by atoms with van der Waals surface area (Å²) in [4.78, 5) is 0.950. The van der Waals surface area contributed by atoms with E-state index >= 15 is 0 Å². The minimum atomic E-state index is -4.56. The molecular weight excluding hydrogens is 263 g/mol. The van der Waals surface area contributed by atoms with Gasteiger partial charge >= 0.3 is 6.18 Å². The van der Waals surface area contributed by atoms with Crippen molar-refractivity contribution in [1.29, 1.82) is 0 Å². The molecule has 18 heavy (non-hydrogen) atoms. The number of aliphatic hydroxyl groups excluding tert-OH is 1. The van der Waals surface area contributed by atoms with Gasteiger partial charge in [-0.05, 0) is 17.5 Å². The molecule has 6 heteroatoms.